The van der Waals surface area contributed by atoms with Gasteiger partial charge in [-0.3, -0.25) is 0 Å². The molecule has 1 aliphatic carbocycles. The highest BCUT2D eigenvalue weighted by Gasteiger charge is 2.52. The molecule has 0 aromatic heterocycles. The van der Waals surface area contributed by atoms with Crippen LogP contribution in [0.2, 0.25) is 0 Å². The van der Waals surface area contributed by atoms with Gasteiger partial charge in [0.15, 0.2) is 0 Å². The van der Waals surface area contributed by atoms with Gasteiger partial charge in [-0.1, -0.05) is 32.0 Å². The van der Waals surface area contributed by atoms with Crippen molar-refractivity contribution in [3.8, 4) is 0 Å². The van der Waals surface area contributed by atoms with Gasteiger partial charge in [-0.25, -0.2) is 4.39 Å². The lowest BCUT2D eigenvalue weighted by Crippen LogP contribution is -2.29. The molecule has 1 fully saturated rings. The van der Waals surface area contributed by atoms with Crippen molar-refractivity contribution in [2.24, 2.45) is 17.6 Å². The molecular weight excluding hydrogens is 189 g/mol. The maximum Gasteiger partial charge on any atom is 0.126 e. The van der Waals surface area contributed by atoms with E-state index in [0.29, 0.717) is 18.3 Å². The zero-order valence-corrected chi connectivity index (χ0v) is 9.33. The Balaban J connectivity index is 2.08. The van der Waals surface area contributed by atoms with Gasteiger partial charge in [-0.05, 0) is 36.3 Å². The predicted octanol–water partition coefficient (Wildman–Crippen LogP) is 2.74. The fourth-order valence-corrected chi connectivity index (χ4v) is 2.45. The van der Waals surface area contributed by atoms with Gasteiger partial charge in [-0.15, -0.1) is 0 Å². The molecule has 2 N–H and O–H groups in total. The van der Waals surface area contributed by atoms with Crippen molar-refractivity contribution in [1.29, 1.82) is 0 Å². The summed E-state index contributed by atoms with van der Waals surface area (Å²) in [5.41, 5.74) is 6.82. The number of benzene rings is 1. The van der Waals surface area contributed by atoms with Gasteiger partial charge in [-0.2, -0.15) is 0 Å². The Bertz CT molecular complexity index is 361. The number of nitrogens with two attached hydrogens (primary N) is 1. The third-order valence-corrected chi connectivity index (χ3v) is 3.46. The molecule has 0 aliphatic heterocycles. The molecule has 2 rings (SSSR count). The maximum atomic E-state index is 13.4. The second-order valence-corrected chi connectivity index (χ2v) is 5.06. The zero-order valence-electron chi connectivity index (χ0n) is 9.33. The predicted molar refractivity (Wildman–Crippen MR) is 60.0 cm³/mol. The Hall–Kier alpha value is -0.890. The molecule has 0 radical (unpaired) electrons. The molecule has 2 atom stereocenters. The molecule has 0 saturated heterocycles. The highest BCUT2D eigenvalue weighted by atomic mass is 19.1. The standard InChI is InChI=1S/C13H18FN/c1-9(2)11-8-13(11,15)7-10-5-3-4-6-12(10)14/h3-6,9,11H,7-8,15H2,1-2H3. The summed E-state index contributed by atoms with van der Waals surface area (Å²) >= 11 is 0. The Morgan fingerprint density at radius 1 is 1.47 bits per heavy atom. The summed E-state index contributed by atoms with van der Waals surface area (Å²) in [5, 5.41) is 0. The third-order valence-electron chi connectivity index (χ3n) is 3.46. The summed E-state index contributed by atoms with van der Waals surface area (Å²) in [6.07, 6.45) is 1.70. The van der Waals surface area contributed by atoms with E-state index in [1.165, 1.54) is 6.07 Å². The number of hydrogen-bond acceptors (Lipinski definition) is 1. The first-order chi connectivity index (χ1) is 7.03. The van der Waals surface area contributed by atoms with Crippen LogP contribution in [-0.2, 0) is 6.42 Å². The Morgan fingerprint density at radius 2 is 2.13 bits per heavy atom. The van der Waals surface area contributed by atoms with E-state index >= 15 is 0 Å². The molecule has 0 amide bonds. The molecule has 1 aromatic rings. The van der Waals surface area contributed by atoms with Crippen molar-refractivity contribution in [3.05, 3.63) is 35.6 Å². The van der Waals surface area contributed by atoms with Crippen molar-refractivity contribution in [3.63, 3.8) is 0 Å². The van der Waals surface area contributed by atoms with Crippen molar-refractivity contribution in [2.75, 3.05) is 0 Å². The van der Waals surface area contributed by atoms with Gasteiger partial charge in [0.05, 0.1) is 0 Å². The fourth-order valence-electron chi connectivity index (χ4n) is 2.45. The lowest BCUT2D eigenvalue weighted by atomic mass is 9.98. The van der Waals surface area contributed by atoms with Gasteiger partial charge >= 0.3 is 0 Å². The molecule has 2 unspecified atom stereocenters. The highest BCUT2D eigenvalue weighted by molar-refractivity contribution is 5.24. The minimum atomic E-state index is -0.156. The molecule has 1 nitrogen and oxygen atoms in total. The van der Waals surface area contributed by atoms with Gasteiger partial charge in [0.25, 0.3) is 0 Å². The highest BCUT2D eigenvalue weighted by Crippen LogP contribution is 2.48. The summed E-state index contributed by atoms with van der Waals surface area (Å²) in [5.74, 6) is 1.02. The van der Waals surface area contributed by atoms with Crippen LogP contribution in [0, 0.1) is 17.7 Å². The quantitative estimate of drug-likeness (QED) is 0.810. The fraction of sp³-hybridized carbons (Fsp3) is 0.538. The zero-order chi connectivity index (χ0) is 11.1. The van der Waals surface area contributed by atoms with Gasteiger partial charge in [0.2, 0.25) is 0 Å². The van der Waals surface area contributed by atoms with E-state index in [0.717, 1.165) is 12.0 Å². The van der Waals surface area contributed by atoms with E-state index in [1.807, 2.05) is 12.1 Å². The average molecular weight is 207 g/mol. The lowest BCUT2D eigenvalue weighted by Gasteiger charge is -2.14. The number of hydrogen-bond donors (Lipinski definition) is 1. The van der Waals surface area contributed by atoms with Crippen LogP contribution in [0.15, 0.2) is 24.3 Å². The summed E-state index contributed by atoms with van der Waals surface area (Å²) in [7, 11) is 0. The molecular formula is C13H18FN. The van der Waals surface area contributed by atoms with E-state index in [2.05, 4.69) is 13.8 Å². The van der Waals surface area contributed by atoms with Gasteiger partial charge in [0, 0.05) is 5.54 Å². The van der Waals surface area contributed by atoms with Crippen molar-refractivity contribution < 1.29 is 4.39 Å². The van der Waals surface area contributed by atoms with Crippen LogP contribution in [-0.4, -0.2) is 5.54 Å². The molecule has 1 aromatic carbocycles. The minimum Gasteiger partial charge on any atom is -0.325 e. The number of rotatable bonds is 3. The SMILES string of the molecule is CC(C)C1CC1(N)Cc1ccccc1F. The van der Waals surface area contributed by atoms with E-state index < -0.39 is 0 Å². The minimum absolute atomic E-state index is 0.128. The smallest absolute Gasteiger partial charge is 0.126 e. The second kappa shape index (κ2) is 3.60. The van der Waals surface area contributed by atoms with Crippen LogP contribution in [0.4, 0.5) is 4.39 Å². The van der Waals surface area contributed by atoms with Crippen LogP contribution < -0.4 is 5.73 Å². The first kappa shape index (κ1) is 10.6. The monoisotopic (exact) mass is 207 g/mol. The summed E-state index contributed by atoms with van der Waals surface area (Å²) in [4.78, 5) is 0. The maximum absolute atomic E-state index is 13.4. The Labute approximate surface area is 90.5 Å². The van der Waals surface area contributed by atoms with Crippen LogP contribution in [0.3, 0.4) is 0 Å². The van der Waals surface area contributed by atoms with E-state index in [4.69, 9.17) is 5.73 Å². The summed E-state index contributed by atoms with van der Waals surface area (Å²) in [6, 6.07) is 6.93. The van der Waals surface area contributed by atoms with Crippen molar-refractivity contribution in [2.45, 2.75) is 32.2 Å². The first-order valence-corrected chi connectivity index (χ1v) is 5.55. The van der Waals surface area contributed by atoms with E-state index in [1.54, 1.807) is 6.07 Å². The van der Waals surface area contributed by atoms with Crippen LogP contribution in [0.1, 0.15) is 25.8 Å². The number of halogens is 1. The lowest BCUT2D eigenvalue weighted by molar-refractivity contribution is 0.469. The summed E-state index contributed by atoms with van der Waals surface area (Å²) in [6.45, 7) is 4.36. The second-order valence-electron chi connectivity index (χ2n) is 5.06. The van der Waals surface area contributed by atoms with Crippen LogP contribution in [0.25, 0.3) is 0 Å². The summed E-state index contributed by atoms with van der Waals surface area (Å²) < 4.78 is 13.4. The topological polar surface area (TPSA) is 26.0 Å². The van der Waals surface area contributed by atoms with Crippen molar-refractivity contribution >= 4 is 0 Å². The molecule has 82 valence electrons. The normalized spacial score (nSPS) is 29.5. The largest absolute Gasteiger partial charge is 0.325 e. The molecule has 0 spiro atoms. The Kier molecular flexibility index (Phi) is 2.55. The average Bonchev–Trinajstić information content (AvgIpc) is 2.83. The van der Waals surface area contributed by atoms with Gasteiger partial charge < -0.3 is 5.73 Å². The Morgan fingerprint density at radius 3 is 2.67 bits per heavy atom. The van der Waals surface area contributed by atoms with Gasteiger partial charge in [0.1, 0.15) is 5.82 Å². The van der Waals surface area contributed by atoms with Crippen molar-refractivity contribution in [1.82, 2.24) is 0 Å². The molecule has 1 saturated carbocycles. The molecule has 15 heavy (non-hydrogen) atoms. The first-order valence-electron chi connectivity index (χ1n) is 5.55. The van der Waals surface area contributed by atoms with E-state index in [-0.39, 0.29) is 11.4 Å². The molecule has 0 heterocycles. The van der Waals surface area contributed by atoms with E-state index in [9.17, 15) is 4.39 Å². The van der Waals surface area contributed by atoms with Crippen LogP contribution in [0.5, 0.6) is 0 Å². The third kappa shape index (κ3) is 2.05. The molecule has 2 heteroatoms. The molecule has 1 aliphatic rings. The molecule has 0 bridgehead atoms. The van der Waals surface area contributed by atoms with Crippen LogP contribution >= 0.6 is 0 Å².